The number of esters is 1. The Labute approximate surface area is 152 Å². The summed E-state index contributed by atoms with van der Waals surface area (Å²) < 4.78 is 6.66. The van der Waals surface area contributed by atoms with Gasteiger partial charge in [0.25, 0.3) is 0 Å². The van der Waals surface area contributed by atoms with Gasteiger partial charge in [-0.05, 0) is 25.3 Å². The van der Waals surface area contributed by atoms with Crippen LogP contribution < -0.4 is 5.32 Å². The molecule has 7 nitrogen and oxygen atoms in total. The summed E-state index contributed by atoms with van der Waals surface area (Å²) in [5.74, 6) is -0.856. The second-order valence-corrected chi connectivity index (χ2v) is 6.05. The van der Waals surface area contributed by atoms with E-state index in [1.54, 1.807) is 30.8 Å². The smallest absolute Gasteiger partial charge is 0.342 e. The van der Waals surface area contributed by atoms with Gasteiger partial charge in [-0.25, -0.2) is 4.79 Å². The van der Waals surface area contributed by atoms with Gasteiger partial charge in [0.2, 0.25) is 5.91 Å². The van der Waals surface area contributed by atoms with Crippen molar-refractivity contribution < 1.29 is 19.1 Å². The van der Waals surface area contributed by atoms with Crippen molar-refractivity contribution >= 4 is 17.7 Å². The van der Waals surface area contributed by atoms with E-state index < -0.39 is 5.97 Å². The molecule has 0 aliphatic rings. The van der Waals surface area contributed by atoms with Crippen LogP contribution in [0, 0.1) is 6.92 Å². The maximum Gasteiger partial charge on any atom is 0.342 e. The highest BCUT2D eigenvalue weighted by Gasteiger charge is 2.16. The molecule has 138 valence electrons. The number of aromatic nitrogens is 2. The molecule has 1 N–H and O–H groups in total. The first-order valence-corrected chi connectivity index (χ1v) is 8.40. The van der Waals surface area contributed by atoms with Gasteiger partial charge < -0.3 is 10.1 Å². The molecule has 26 heavy (non-hydrogen) atoms. The molecule has 0 bridgehead atoms. The monoisotopic (exact) mass is 357 g/mol. The van der Waals surface area contributed by atoms with E-state index in [4.69, 9.17) is 4.74 Å². The summed E-state index contributed by atoms with van der Waals surface area (Å²) in [5.41, 5.74) is 2.61. The van der Waals surface area contributed by atoms with Crippen LogP contribution in [0.25, 0.3) is 0 Å². The van der Waals surface area contributed by atoms with Crippen LogP contribution in [0.2, 0.25) is 0 Å². The number of carbonyl (C=O) groups is 3. The molecule has 0 spiro atoms. The lowest BCUT2D eigenvalue weighted by atomic mass is 10.1. The molecule has 0 atom stereocenters. The van der Waals surface area contributed by atoms with Crippen LogP contribution in [0.5, 0.6) is 0 Å². The van der Waals surface area contributed by atoms with Gasteiger partial charge >= 0.3 is 5.97 Å². The Morgan fingerprint density at radius 1 is 1.19 bits per heavy atom. The molecule has 1 aromatic carbocycles. The van der Waals surface area contributed by atoms with E-state index in [1.165, 1.54) is 13.1 Å². The number of aryl methyl sites for hydroxylation is 2. The number of nitrogens with one attached hydrogen (secondary N) is 1. The van der Waals surface area contributed by atoms with Crippen LogP contribution in [-0.4, -0.2) is 40.6 Å². The number of Topliss-reactive ketones (excluding diaryl/α,β-unsaturated/α-hetero) is 1. The van der Waals surface area contributed by atoms with Crippen LogP contribution in [0.15, 0.2) is 30.5 Å². The first-order chi connectivity index (χ1) is 12.4. The summed E-state index contributed by atoms with van der Waals surface area (Å²) in [6.07, 6.45) is 3.07. The Hall–Kier alpha value is -2.96. The van der Waals surface area contributed by atoms with Gasteiger partial charge in [-0.3, -0.25) is 14.3 Å². The van der Waals surface area contributed by atoms with Crippen molar-refractivity contribution in [3.8, 4) is 0 Å². The summed E-state index contributed by atoms with van der Waals surface area (Å²) in [6, 6.07) is 7.18. The van der Waals surface area contributed by atoms with Gasteiger partial charge in [-0.1, -0.05) is 24.3 Å². The minimum Gasteiger partial charge on any atom is -0.454 e. The molecule has 7 heteroatoms. The van der Waals surface area contributed by atoms with Gasteiger partial charge in [-0.15, -0.1) is 0 Å². The molecule has 2 rings (SSSR count). The average molecular weight is 357 g/mol. The number of amides is 1. The molecule has 0 unspecified atom stereocenters. The van der Waals surface area contributed by atoms with Gasteiger partial charge in [0, 0.05) is 31.8 Å². The van der Waals surface area contributed by atoms with Crippen LogP contribution in [0.4, 0.5) is 0 Å². The highest BCUT2D eigenvalue weighted by Crippen LogP contribution is 2.10. The number of nitrogens with zero attached hydrogens (tertiary/aromatic N) is 2. The molecule has 0 saturated heterocycles. The van der Waals surface area contributed by atoms with Crippen molar-refractivity contribution in [2.24, 2.45) is 7.05 Å². The predicted octanol–water partition coefficient (Wildman–Crippen LogP) is 1.84. The van der Waals surface area contributed by atoms with E-state index in [-0.39, 0.29) is 18.3 Å². The lowest BCUT2D eigenvalue weighted by molar-refractivity contribution is -0.118. The largest absolute Gasteiger partial charge is 0.454 e. The van der Waals surface area contributed by atoms with Crippen LogP contribution >= 0.6 is 0 Å². The van der Waals surface area contributed by atoms with Gasteiger partial charge in [0.1, 0.15) is 5.56 Å². The zero-order valence-electron chi connectivity index (χ0n) is 15.2. The van der Waals surface area contributed by atoms with Crippen molar-refractivity contribution in [1.29, 1.82) is 0 Å². The molecule has 1 heterocycles. The minimum atomic E-state index is -0.557. The Balaban J connectivity index is 1.83. The normalized spacial score (nSPS) is 10.4. The van der Waals surface area contributed by atoms with E-state index in [0.717, 1.165) is 18.4 Å². The lowest BCUT2D eigenvalue weighted by Gasteiger charge is -2.06. The number of carbonyl (C=O) groups excluding carboxylic acids is 3. The highest BCUT2D eigenvalue weighted by molar-refractivity contribution is 5.99. The van der Waals surface area contributed by atoms with Crippen LogP contribution in [0.1, 0.15) is 45.3 Å². The first-order valence-electron chi connectivity index (χ1n) is 8.40. The fraction of sp³-hybridized carbons (Fsp3) is 0.368. The van der Waals surface area contributed by atoms with Crippen molar-refractivity contribution in [2.75, 3.05) is 13.2 Å². The van der Waals surface area contributed by atoms with Gasteiger partial charge in [0.15, 0.2) is 12.4 Å². The summed E-state index contributed by atoms with van der Waals surface area (Å²) in [4.78, 5) is 35.0. The molecule has 0 radical (unpaired) electrons. The Morgan fingerprint density at radius 3 is 2.46 bits per heavy atom. The number of hydrogen-bond donors (Lipinski definition) is 1. The SMILES string of the molecule is CC(=O)NCCCc1ccc(C(=O)COC(=O)c2cnn(C)c2C)cc1. The number of ketones is 1. The molecule has 1 amide bonds. The average Bonchev–Trinajstić information content (AvgIpc) is 2.96. The van der Waals surface area contributed by atoms with Gasteiger partial charge in [-0.2, -0.15) is 5.10 Å². The molecule has 0 aliphatic heterocycles. The summed E-state index contributed by atoms with van der Waals surface area (Å²) in [7, 11) is 1.73. The third-order valence-corrected chi connectivity index (χ3v) is 4.08. The predicted molar refractivity (Wildman–Crippen MR) is 96.0 cm³/mol. The summed E-state index contributed by atoms with van der Waals surface area (Å²) in [5, 5.41) is 6.72. The van der Waals surface area contributed by atoms with E-state index in [2.05, 4.69) is 10.4 Å². The molecular formula is C19H23N3O4. The second kappa shape index (κ2) is 8.94. The second-order valence-electron chi connectivity index (χ2n) is 6.05. The van der Waals surface area contributed by atoms with E-state index in [0.29, 0.717) is 23.4 Å². The zero-order valence-corrected chi connectivity index (χ0v) is 15.2. The first kappa shape index (κ1) is 19.4. The van der Waals surface area contributed by atoms with Crippen molar-refractivity contribution in [1.82, 2.24) is 15.1 Å². The third kappa shape index (κ3) is 5.27. The zero-order chi connectivity index (χ0) is 19.1. The summed E-state index contributed by atoms with van der Waals surface area (Å²) in [6.45, 7) is 3.56. The number of ether oxygens (including phenoxy) is 1. The molecule has 0 fully saturated rings. The quantitative estimate of drug-likeness (QED) is 0.442. The van der Waals surface area contributed by atoms with Gasteiger partial charge in [0.05, 0.1) is 6.20 Å². The minimum absolute atomic E-state index is 0.0398. The molecule has 1 aromatic heterocycles. The Bertz CT molecular complexity index is 794. The van der Waals surface area contributed by atoms with E-state index >= 15 is 0 Å². The van der Waals surface area contributed by atoms with E-state index in [1.807, 2.05) is 12.1 Å². The Kier molecular flexibility index (Phi) is 6.66. The standard InChI is InChI=1S/C19H23N3O4/c1-13-17(11-21-22(13)3)19(25)26-12-18(24)16-8-6-15(7-9-16)5-4-10-20-14(2)23/h6-9,11H,4-5,10,12H2,1-3H3,(H,20,23). The maximum absolute atomic E-state index is 12.2. The Morgan fingerprint density at radius 2 is 1.88 bits per heavy atom. The number of rotatable bonds is 8. The van der Waals surface area contributed by atoms with Crippen LogP contribution in [0.3, 0.4) is 0 Å². The molecular weight excluding hydrogens is 334 g/mol. The van der Waals surface area contributed by atoms with Crippen molar-refractivity contribution in [3.63, 3.8) is 0 Å². The highest BCUT2D eigenvalue weighted by atomic mass is 16.5. The van der Waals surface area contributed by atoms with Crippen molar-refractivity contribution in [2.45, 2.75) is 26.7 Å². The number of hydrogen-bond acceptors (Lipinski definition) is 5. The van der Waals surface area contributed by atoms with E-state index in [9.17, 15) is 14.4 Å². The maximum atomic E-state index is 12.2. The molecule has 0 aliphatic carbocycles. The summed E-state index contributed by atoms with van der Waals surface area (Å²) >= 11 is 0. The van der Waals surface area contributed by atoms with Crippen LogP contribution in [-0.2, 0) is 23.0 Å². The van der Waals surface area contributed by atoms with Crippen molar-refractivity contribution in [3.05, 3.63) is 52.8 Å². The number of benzene rings is 1. The fourth-order valence-corrected chi connectivity index (χ4v) is 2.41. The fourth-order valence-electron chi connectivity index (χ4n) is 2.41. The lowest BCUT2D eigenvalue weighted by Crippen LogP contribution is -2.21. The third-order valence-electron chi connectivity index (χ3n) is 4.08. The molecule has 2 aromatic rings. The molecule has 0 saturated carbocycles. The topological polar surface area (TPSA) is 90.3 Å².